The van der Waals surface area contributed by atoms with E-state index in [0.29, 0.717) is 0 Å². The average molecular weight is 189 g/mol. The normalized spacial score (nSPS) is 54.9. The molecule has 74 valence electrons. The van der Waals surface area contributed by atoms with E-state index in [-0.39, 0.29) is 0 Å². The molecule has 0 radical (unpaired) electrons. The van der Waals surface area contributed by atoms with Gasteiger partial charge in [-0.15, -0.1) is 0 Å². The largest absolute Gasteiger partial charge is 0.390 e. The SMILES string of the molecule is O=C1NC2C(O)C(O)C(O)C2C1O. The first-order chi connectivity index (χ1) is 6.04. The molecule has 0 bridgehead atoms. The Bertz CT molecular complexity index is 245. The smallest absolute Gasteiger partial charge is 0.249 e. The monoisotopic (exact) mass is 189 g/mol. The van der Waals surface area contributed by atoms with Crippen molar-refractivity contribution in [1.29, 1.82) is 0 Å². The van der Waals surface area contributed by atoms with Crippen molar-refractivity contribution in [2.75, 3.05) is 0 Å². The van der Waals surface area contributed by atoms with Gasteiger partial charge in [0.25, 0.3) is 0 Å². The third kappa shape index (κ3) is 1.000. The lowest BCUT2D eigenvalue weighted by molar-refractivity contribution is -0.130. The minimum absolute atomic E-state index is 0.611. The molecule has 2 fully saturated rings. The molecule has 1 heterocycles. The molecule has 2 rings (SSSR count). The third-order valence-corrected chi connectivity index (χ3v) is 2.82. The Morgan fingerprint density at radius 2 is 1.62 bits per heavy atom. The first kappa shape index (κ1) is 8.89. The fourth-order valence-electron chi connectivity index (χ4n) is 2.07. The molecule has 0 aromatic rings. The van der Waals surface area contributed by atoms with Gasteiger partial charge in [-0.3, -0.25) is 4.79 Å². The molecule has 0 aromatic carbocycles. The Morgan fingerprint density at radius 3 is 2.15 bits per heavy atom. The zero-order chi connectivity index (χ0) is 9.75. The van der Waals surface area contributed by atoms with E-state index in [1.165, 1.54) is 0 Å². The van der Waals surface area contributed by atoms with Crippen LogP contribution in [0.4, 0.5) is 0 Å². The zero-order valence-electron chi connectivity index (χ0n) is 6.66. The summed E-state index contributed by atoms with van der Waals surface area (Å²) in [6.45, 7) is 0. The van der Waals surface area contributed by atoms with Crippen LogP contribution in [0.3, 0.4) is 0 Å². The van der Waals surface area contributed by atoms with Crippen LogP contribution in [-0.2, 0) is 4.79 Å². The molecule has 1 amide bonds. The molecule has 1 aliphatic heterocycles. The Morgan fingerprint density at radius 1 is 1.00 bits per heavy atom. The van der Waals surface area contributed by atoms with Crippen molar-refractivity contribution in [3.05, 3.63) is 0 Å². The van der Waals surface area contributed by atoms with Crippen molar-refractivity contribution >= 4 is 5.91 Å². The molecule has 6 atom stereocenters. The number of aliphatic hydroxyl groups is 4. The topological polar surface area (TPSA) is 110 Å². The van der Waals surface area contributed by atoms with E-state index in [1.807, 2.05) is 0 Å². The van der Waals surface area contributed by atoms with Crippen LogP contribution in [0.15, 0.2) is 0 Å². The van der Waals surface area contributed by atoms with Gasteiger partial charge in [0.2, 0.25) is 5.91 Å². The zero-order valence-corrected chi connectivity index (χ0v) is 6.66. The van der Waals surface area contributed by atoms with Gasteiger partial charge in [0.05, 0.1) is 12.1 Å². The lowest BCUT2D eigenvalue weighted by Gasteiger charge is -2.15. The first-order valence-electron chi connectivity index (χ1n) is 4.06. The minimum atomic E-state index is -1.34. The van der Waals surface area contributed by atoms with Gasteiger partial charge < -0.3 is 25.7 Å². The van der Waals surface area contributed by atoms with Gasteiger partial charge in [-0.25, -0.2) is 0 Å². The fourth-order valence-corrected chi connectivity index (χ4v) is 2.07. The van der Waals surface area contributed by atoms with E-state index in [9.17, 15) is 25.2 Å². The minimum Gasteiger partial charge on any atom is -0.390 e. The van der Waals surface area contributed by atoms with Gasteiger partial charge in [0.15, 0.2) is 0 Å². The number of hydrogen-bond donors (Lipinski definition) is 5. The second-order valence-corrected chi connectivity index (χ2v) is 3.53. The highest BCUT2D eigenvalue weighted by Gasteiger charge is 2.57. The number of carbonyl (C=O) groups excluding carboxylic acids is 1. The number of amides is 1. The highest BCUT2D eigenvalue weighted by Crippen LogP contribution is 2.33. The van der Waals surface area contributed by atoms with E-state index in [1.54, 1.807) is 0 Å². The number of fused-ring (bicyclic) bond motifs is 1. The van der Waals surface area contributed by atoms with Gasteiger partial charge in [-0.1, -0.05) is 0 Å². The Kier molecular flexibility index (Phi) is 1.81. The molecule has 1 saturated heterocycles. The third-order valence-electron chi connectivity index (χ3n) is 2.82. The summed E-state index contributed by atoms with van der Waals surface area (Å²) >= 11 is 0. The lowest BCUT2D eigenvalue weighted by Crippen LogP contribution is -2.41. The maximum atomic E-state index is 10.9. The summed E-state index contributed by atoms with van der Waals surface area (Å²) in [7, 11) is 0. The van der Waals surface area contributed by atoms with Crippen LogP contribution in [0.1, 0.15) is 0 Å². The summed E-state index contributed by atoms with van der Waals surface area (Å²) in [5.74, 6) is -1.42. The summed E-state index contributed by atoms with van der Waals surface area (Å²) in [4.78, 5) is 10.9. The van der Waals surface area contributed by atoms with Crippen molar-refractivity contribution in [2.24, 2.45) is 5.92 Å². The van der Waals surface area contributed by atoms with Crippen LogP contribution in [0, 0.1) is 5.92 Å². The van der Waals surface area contributed by atoms with E-state index < -0.39 is 42.3 Å². The molecular weight excluding hydrogens is 178 g/mol. The van der Waals surface area contributed by atoms with Gasteiger partial charge in [0, 0.05) is 5.92 Å². The molecule has 2 aliphatic rings. The van der Waals surface area contributed by atoms with E-state index in [4.69, 9.17) is 0 Å². The summed E-state index contributed by atoms with van der Waals surface area (Å²) in [6, 6.07) is -0.743. The summed E-state index contributed by atoms with van der Waals surface area (Å²) in [5, 5.41) is 39.5. The van der Waals surface area contributed by atoms with Gasteiger partial charge in [0.1, 0.15) is 18.3 Å². The van der Waals surface area contributed by atoms with Crippen molar-refractivity contribution in [1.82, 2.24) is 5.32 Å². The number of hydrogen-bond acceptors (Lipinski definition) is 5. The van der Waals surface area contributed by atoms with Gasteiger partial charge in [-0.05, 0) is 0 Å². The van der Waals surface area contributed by atoms with Gasteiger partial charge in [-0.2, -0.15) is 0 Å². The second kappa shape index (κ2) is 2.65. The highest BCUT2D eigenvalue weighted by atomic mass is 16.4. The molecule has 6 unspecified atom stereocenters. The quantitative estimate of drug-likeness (QED) is 0.272. The van der Waals surface area contributed by atoms with E-state index in [2.05, 4.69) is 5.32 Å². The molecule has 6 nitrogen and oxygen atoms in total. The highest BCUT2D eigenvalue weighted by molar-refractivity contribution is 5.84. The number of nitrogens with one attached hydrogen (secondary N) is 1. The molecular formula is C7H11NO5. The Labute approximate surface area is 73.8 Å². The Balaban J connectivity index is 2.27. The van der Waals surface area contributed by atoms with E-state index in [0.717, 1.165) is 0 Å². The fraction of sp³-hybridized carbons (Fsp3) is 0.857. The van der Waals surface area contributed by atoms with Crippen LogP contribution in [0.5, 0.6) is 0 Å². The first-order valence-corrected chi connectivity index (χ1v) is 4.06. The number of aliphatic hydroxyl groups excluding tert-OH is 4. The van der Waals surface area contributed by atoms with Crippen LogP contribution in [-0.4, -0.2) is 56.8 Å². The second-order valence-electron chi connectivity index (χ2n) is 3.53. The molecule has 5 N–H and O–H groups in total. The molecule has 1 aliphatic carbocycles. The van der Waals surface area contributed by atoms with Crippen LogP contribution in [0.2, 0.25) is 0 Å². The average Bonchev–Trinajstić information content (AvgIpc) is 2.48. The predicted octanol–water partition coefficient (Wildman–Crippen LogP) is -3.44. The molecule has 0 aromatic heterocycles. The number of carbonyl (C=O) groups is 1. The van der Waals surface area contributed by atoms with Crippen LogP contribution >= 0.6 is 0 Å². The lowest BCUT2D eigenvalue weighted by atomic mass is 9.99. The Hall–Kier alpha value is -0.690. The van der Waals surface area contributed by atoms with Crippen molar-refractivity contribution < 1.29 is 25.2 Å². The molecule has 0 spiro atoms. The van der Waals surface area contributed by atoms with Crippen LogP contribution in [0.25, 0.3) is 0 Å². The molecule has 13 heavy (non-hydrogen) atoms. The maximum absolute atomic E-state index is 10.9. The summed E-state index contributed by atoms with van der Waals surface area (Å²) in [6.07, 6.45) is -5.10. The van der Waals surface area contributed by atoms with Crippen molar-refractivity contribution in [2.45, 2.75) is 30.5 Å². The number of rotatable bonds is 0. The maximum Gasteiger partial charge on any atom is 0.249 e. The standard InChI is InChI=1S/C7H11NO5/c9-3-1-2(5(11)6(3)12)8-7(13)4(1)10/h1-6,9-12H,(H,8,13). The van der Waals surface area contributed by atoms with Crippen molar-refractivity contribution in [3.63, 3.8) is 0 Å². The summed E-state index contributed by atoms with van der Waals surface area (Å²) in [5.41, 5.74) is 0. The van der Waals surface area contributed by atoms with Crippen LogP contribution < -0.4 is 5.32 Å². The van der Waals surface area contributed by atoms with Crippen molar-refractivity contribution in [3.8, 4) is 0 Å². The van der Waals surface area contributed by atoms with E-state index >= 15 is 0 Å². The summed E-state index contributed by atoms with van der Waals surface area (Å²) < 4.78 is 0. The van der Waals surface area contributed by atoms with Gasteiger partial charge >= 0.3 is 0 Å². The molecule has 6 heteroatoms. The molecule has 1 saturated carbocycles. The predicted molar refractivity (Wildman–Crippen MR) is 39.4 cm³/mol.